The van der Waals surface area contributed by atoms with Crippen LogP contribution in [-0.2, 0) is 0 Å². The van der Waals surface area contributed by atoms with Gasteiger partial charge in [0.25, 0.3) is 0 Å². The summed E-state index contributed by atoms with van der Waals surface area (Å²) in [7, 11) is 0. The second-order valence-corrected chi connectivity index (χ2v) is 14.0. The number of nitrogens with zero attached hydrogens (tertiary/aromatic N) is 1. The molecule has 0 amide bonds. The van der Waals surface area contributed by atoms with E-state index in [0.29, 0.717) is 0 Å². The molecule has 2 aromatic heterocycles. The van der Waals surface area contributed by atoms with Gasteiger partial charge in [-0.2, -0.15) is 0 Å². The third kappa shape index (κ3) is 5.18. The Morgan fingerprint density at radius 3 is 1.73 bits per heavy atom. The predicted molar refractivity (Wildman–Crippen MR) is 218 cm³/mol. The summed E-state index contributed by atoms with van der Waals surface area (Å²) in [4.78, 5) is 2.36. The van der Waals surface area contributed by atoms with Gasteiger partial charge in [0.1, 0.15) is 5.58 Å². The summed E-state index contributed by atoms with van der Waals surface area (Å²) in [6.45, 7) is 0. The summed E-state index contributed by atoms with van der Waals surface area (Å²) in [5.41, 5.74) is 11.9. The van der Waals surface area contributed by atoms with Crippen LogP contribution in [0.5, 0.6) is 0 Å². The van der Waals surface area contributed by atoms with Crippen molar-refractivity contribution >= 4 is 70.5 Å². The summed E-state index contributed by atoms with van der Waals surface area (Å²) in [5.74, 6) is 0. The van der Waals surface area contributed by atoms with Crippen LogP contribution in [0.1, 0.15) is 0 Å². The van der Waals surface area contributed by atoms with Crippen LogP contribution >= 0.6 is 11.3 Å². The molecule has 8 aromatic carbocycles. The molecule has 0 bridgehead atoms. The summed E-state index contributed by atoms with van der Waals surface area (Å²) in [5, 5.41) is 4.81. The van der Waals surface area contributed by atoms with Crippen LogP contribution in [0.4, 0.5) is 17.1 Å². The number of furan rings is 1. The van der Waals surface area contributed by atoms with Crippen LogP contribution in [0.25, 0.3) is 75.5 Å². The molecule has 10 rings (SSSR count). The monoisotopic (exact) mass is 669 g/mol. The van der Waals surface area contributed by atoms with Crippen molar-refractivity contribution in [1.82, 2.24) is 0 Å². The molecule has 2 heterocycles. The standard InChI is InChI=1S/C48H31NOS/c1-3-12-32(13-4-1)34-22-25-38(26-23-34)49(44-19-11-18-42-40-16-7-9-20-45(40)50-48(42)44)39-29-36(33-14-5-2-6-15-33)28-37(30-39)35-24-27-47-43(31-35)41-17-8-10-21-46(41)51-47/h1-31H. The lowest BCUT2D eigenvalue weighted by molar-refractivity contribution is 0.669. The SMILES string of the molecule is c1ccc(-c2ccc(N(c3cc(-c4ccccc4)cc(-c4ccc5sc6ccccc6c5c4)c3)c3cccc4c3oc3ccccc34)cc2)cc1. The average molecular weight is 670 g/mol. The Morgan fingerprint density at radius 1 is 0.353 bits per heavy atom. The molecule has 3 heteroatoms. The Kier molecular flexibility index (Phi) is 7.04. The molecule has 0 radical (unpaired) electrons. The highest BCUT2D eigenvalue weighted by Crippen LogP contribution is 2.45. The summed E-state index contributed by atoms with van der Waals surface area (Å²) in [6.07, 6.45) is 0. The van der Waals surface area contributed by atoms with E-state index in [4.69, 9.17) is 4.42 Å². The zero-order chi connectivity index (χ0) is 33.7. The van der Waals surface area contributed by atoms with Crippen molar-refractivity contribution in [2.45, 2.75) is 0 Å². The number of benzene rings is 8. The van der Waals surface area contributed by atoms with E-state index in [0.717, 1.165) is 50.1 Å². The Balaban J connectivity index is 1.22. The highest BCUT2D eigenvalue weighted by atomic mass is 32.1. The van der Waals surface area contributed by atoms with Gasteiger partial charge in [-0.3, -0.25) is 0 Å². The zero-order valence-electron chi connectivity index (χ0n) is 27.7. The quantitative estimate of drug-likeness (QED) is 0.175. The number of para-hydroxylation sites is 2. The van der Waals surface area contributed by atoms with Crippen LogP contribution in [0, 0.1) is 0 Å². The van der Waals surface area contributed by atoms with E-state index in [9.17, 15) is 0 Å². The van der Waals surface area contributed by atoms with Gasteiger partial charge in [0.15, 0.2) is 5.58 Å². The molecule has 0 spiro atoms. The maximum absolute atomic E-state index is 6.67. The average Bonchev–Trinajstić information content (AvgIpc) is 3.78. The van der Waals surface area contributed by atoms with Crippen molar-refractivity contribution in [2.24, 2.45) is 0 Å². The molecular formula is C48H31NOS. The molecule has 0 aliphatic carbocycles. The molecule has 0 fully saturated rings. The van der Waals surface area contributed by atoms with Crippen LogP contribution in [0.3, 0.4) is 0 Å². The van der Waals surface area contributed by atoms with Gasteiger partial charge in [-0.1, -0.05) is 127 Å². The van der Waals surface area contributed by atoms with Crippen molar-refractivity contribution in [2.75, 3.05) is 4.90 Å². The first-order valence-electron chi connectivity index (χ1n) is 17.2. The molecule has 10 aromatic rings. The highest BCUT2D eigenvalue weighted by Gasteiger charge is 2.21. The third-order valence-corrected chi connectivity index (χ3v) is 11.0. The smallest absolute Gasteiger partial charge is 0.159 e. The van der Waals surface area contributed by atoms with E-state index in [-0.39, 0.29) is 0 Å². The number of hydrogen-bond acceptors (Lipinski definition) is 3. The van der Waals surface area contributed by atoms with Gasteiger partial charge in [-0.15, -0.1) is 11.3 Å². The Morgan fingerprint density at radius 2 is 0.941 bits per heavy atom. The van der Waals surface area contributed by atoms with Gasteiger partial charge >= 0.3 is 0 Å². The normalized spacial score (nSPS) is 11.5. The molecule has 240 valence electrons. The summed E-state index contributed by atoms with van der Waals surface area (Å²) < 4.78 is 9.28. The van der Waals surface area contributed by atoms with Crippen molar-refractivity contribution in [3.05, 3.63) is 188 Å². The fraction of sp³-hybridized carbons (Fsp3) is 0. The second-order valence-electron chi connectivity index (χ2n) is 12.9. The predicted octanol–water partition coefficient (Wildman–Crippen LogP) is 14.4. The zero-order valence-corrected chi connectivity index (χ0v) is 28.5. The lowest BCUT2D eigenvalue weighted by atomic mass is 9.96. The molecular weight excluding hydrogens is 639 g/mol. The van der Waals surface area contributed by atoms with Crippen LogP contribution in [0.15, 0.2) is 192 Å². The topological polar surface area (TPSA) is 16.4 Å². The maximum Gasteiger partial charge on any atom is 0.159 e. The van der Waals surface area contributed by atoms with E-state index in [1.54, 1.807) is 0 Å². The molecule has 0 saturated carbocycles. The number of fused-ring (bicyclic) bond motifs is 6. The van der Waals surface area contributed by atoms with Crippen molar-refractivity contribution in [1.29, 1.82) is 0 Å². The highest BCUT2D eigenvalue weighted by molar-refractivity contribution is 7.25. The third-order valence-electron chi connectivity index (χ3n) is 9.85. The molecule has 0 unspecified atom stereocenters. The van der Waals surface area contributed by atoms with Gasteiger partial charge in [0.2, 0.25) is 0 Å². The first kappa shape index (κ1) is 29.5. The molecule has 0 N–H and O–H groups in total. The minimum atomic E-state index is 0.865. The van der Waals surface area contributed by atoms with Gasteiger partial charge in [0, 0.05) is 42.3 Å². The largest absolute Gasteiger partial charge is 0.454 e. The maximum atomic E-state index is 6.67. The molecule has 0 saturated heterocycles. The molecule has 51 heavy (non-hydrogen) atoms. The van der Waals surface area contributed by atoms with Crippen LogP contribution in [-0.4, -0.2) is 0 Å². The van der Waals surface area contributed by atoms with E-state index in [2.05, 4.69) is 187 Å². The summed E-state index contributed by atoms with van der Waals surface area (Å²) in [6, 6.07) is 67.5. The van der Waals surface area contributed by atoms with E-state index in [1.807, 2.05) is 17.4 Å². The first-order valence-corrected chi connectivity index (χ1v) is 18.1. The van der Waals surface area contributed by atoms with Gasteiger partial charge in [0.05, 0.1) is 5.69 Å². The fourth-order valence-electron chi connectivity index (χ4n) is 7.38. The van der Waals surface area contributed by atoms with Gasteiger partial charge in [-0.05, 0) is 94.0 Å². The van der Waals surface area contributed by atoms with E-state index < -0.39 is 0 Å². The first-order chi connectivity index (χ1) is 25.3. The van der Waals surface area contributed by atoms with E-state index >= 15 is 0 Å². The van der Waals surface area contributed by atoms with E-state index in [1.165, 1.54) is 42.4 Å². The Labute approximate surface area is 300 Å². The van der Waals surface area contributed by atoms with Crippen molar-refractivity contribution in [3.8, 4) is 33.4 Å². The number of anilines is 3. The molecule has 2 nitrogen and oxygen atoms in total. The minimum Gasteiger partial charge on any atom is -0.454 e. The number of rotatable bonds is 6. The van der Waals surface area contributed by atoms with Crippen molar-refractivity contribution < 1.29 is 4.42 Å². The Hall–Kier alpha value is -6.42. The molecule has 0 aliphatic heterocycles. The van der Waals surface area contributed by atoms with Crippen molar-refractivity contribution in [3.63, 3.8) is 0 Å². The molecule has 0 aliphatic rings. The van der Waals surface area contributed by atoms with Gasteiger partial charge in [-0.25, -0.2) is 0 Å². The number of hydrogen-bond donors (Lipinski definition) is 0. The minimum absolute atomic E-state index is 0.865. The summed E-state index contributed by atoms with van der Waals surface area (Å²) >= 11 is 1.85. The van der Waals surface area contributed by atoms with Crippen LogP contribution < -0.4 is 4.90 Å². The van der Waals surface area contributed by atoms with Gasteiger partial charge < -0.3 is 9.32 Å². The molecule has 0 atom stereocenters. The lowest BCUT2D eigenvalue weighted by Crippen LogP contribution is -2.10. The number of thiophene rings is 1. The second kappa shape index (κ2) is 12.2. The Bertz CT molecular complexity index is 2850. The fourth-order valence-corrected chi connectivity index (χ4v) is 8.47. The van der Waals surface area contributed by atoms with Crippen LogP contribution in [0.2, 0.25) is 0 Å². The lowest BCUT2D eigenvalue weighted by Gasteiger charge is -2.27.